The maximum atomic E-state index is 6.20. The highest BCUT2D eigenvalue weighted by Gasteiger charge is 2.18. The van der Waals surface area contributed by atoms with E-state index in [-0.39, 0.29) is 0 Å². The first-order valence-corrected chi connectivity index (χ1v) is 36.4. The maximum absolute atomic E-state index is 6.20. The fourth-order valence-electron chi connectivity index (χ4n) is 12.4. The first-order valence-electron chi connectivity index (χ1n) is 36.4. The van der Waals surface area contributed by atoms with Gasteiger partial charge in [-0.3, -0.25) is 39.2 Å². The normalized spacial score (nSPS) is 16.9. The molecule has 0 saturated carbocycles. The molecule has 0 amide bonds. The van der Waals surface area contributed by atoms with E-state index in [1.807, 2.05) is 0 Å². The predicted molar refractivity (Wildman–Crippen MR) is 426 cm³/mol. The van der Waals surface area contributed by atoms with Gasteiger partial charge < -0.3 is 9.47 Å². The van der Waals surface area contributed by atoms with Gasteiger partial charge in [-0.15, -0.1) is 0 Å². The third kappa shape index (κ3) is 29.0. The number of benzene rings is 8. The summed E-state index contributed by atoms with van der Waals surface area (Å²) in [4.78, 5) is 21.0. The van der Waals surface area contributed by atoms with Gasteiger partial charge in [0.15, 0.2) is 0 Å². The largest absolute Gasteiger partial charge is 0.490 e. The van der Waals surface area contributed by atoms with E-state index >= 15 is 0 Å². The average molecular weight is 1330 g/mol. The molecule has 2 fully saturated rings. The Kier molecular flexibility index (Phi) is 32.5. The van der Waals surface area contributed by atoms with Crippen molar-refractivity contribution in [3.63, 3.8) is 0 Å². The first kappa shape index (κ1) is 73.7. The third-order valence-electron chi connectivity index (χ3n) is 18.4. The monoisotopic (exact) mass is 1330 g/mol. The van der Waals surface area contributed by atoms with Crippen LogP contribution in [0.2, 0.25) is 0 Å². The Hall–Kier alpha value is -9.04. The molecule has 0 N–H and O–H groups in total. The molecule has 2 heterocycles. The van der Waals surface area contributed by atoms with Crippen molar-refractivity contribution in [2.45, 2.75) is 0 Å². The van der Waals surface area contributed by atoms with Gasteiger partial charge >= 0.3 is 0 Å². The zero-order valence-electron chi connectivity index (χ0n) is 59.0. The summed E-state index contributed by atoms with van der Waals surface area (Å²) in [7, 11) is 0. The highest BCUT2D eigenvalue weighted by Crippen LogP contribution is 2.18. The van der Waals surface area contributed by atoms with E-state index in [1.54, 1.807) is 0 Å². The van der Waals surface area contributed by atoms with E-state index in [0.717, 1.165) is 180 Å². The molecule has 2 aliphatic rings. The van der Waals surface area contributed by atoms with Crippen LogP contribution < -0.4 is 9.47 Å². The number of hydrogen-bond acceptors (Lipinski definition) is 10. The lowest BCUT2D eigenvalue weighted by Crippen LogP contribution is -2.46. The summed E-state index contributed by atoms with van der Waals surface area (Å²) in [5, 5.41) is 0. The molecule has 0 aromatic heterocycles. The lowest BCUT2D eigenvalue weighted by molar-refractivity contribution is 0.154. The van der Waals surface area contributed by atoms with Gasteiger partial charge in [-0.1, -0.05) is 303 Å². The molecule has 0 bridgehead atoms. The molecule has 2 saturated heterocycles. The van der Waals surface area contributed by atoms with Crippen LogP contribution in [-0.4, -0.2) is 209 Å². The Balaban J connectivity index is 0.705. The molecule has 0 aliphatic carbocycles. The smallest absolute Gasteiger partial charge is 0.122 e. The fourth-order valence-corrected chi connectivity index (χ4v) is 12.4. The molecular formula is C90H106N8O2. The number of hydrogen-bond donors (Lipinski definition) is 0. The maximum Gasteiger partial charge on any atom is 0.122 e. The molecule has 0 radical (unpaired) electrons. The van der Waals surface area contributed by atoms with Gasteiger partial charge in [-0.25, -0.2) is 0 Å². The second-order valence-electron chi connectivity index (χ2n) is 25.9. The average Bonchev–Trinajstić information content (AvgIpc) is 1.65. The molecular weight excluding hydrogens is 1230 g/mol. The van der Waals surface area contributed by atoms with Crippen molar-refractivity contribution in [1.82, 2.24) is 39.2 Å². The summed E-state index contributed by atoms with van der Waals surface area (Å²) in [5.41, 5.74) is 9.76. The molecule has 0 spiro atoms. The van der Waals surface area contributed by atoms with Crippen molar-refractivity contribution in [1.29, 1.82) is 0 Å². The Bertz CT molecular complexity index is 3350. The molecule has 8 aromatic carbocycles. The quantitative estimate of drug-likeness (QED) is 0.0424. The molecule has 0 atom stereocenters. The molecule has 8 aromatic rings. The van der Waals surface area contributed by atoms with Crippen LogP contribution in [0.1, 0.15) is 44.5 Å². The topological polar surface area (TPSA) is 44.4 Å². The summed E-state index contributed by atoms with van der Waals surface area (Å²) in [6.07, 6.45) is 36.8. The van der Waals surface area contributed by atoms with Crippen LogP contribution in [0.25, 0.3) is 48.6 Å². The van der Waals surface area contributed by atoms with E-state index in [1.165, 1.54) is 33.4 Å². The number of nitrogens with zero attached hydrogens (tertiary/aromatic N) is 8. The minimum atomic E-state index is 0.453. The van der Waals surface area contributed by atoms with Gasteiger partial charge in [-0.2, -0.15) is 0 Å². The van der Waals surface area contributed by atoms with Crippen LogP contribution in [0.5, 0.6) is 11.5 Å². The molecule has 10 heteroatoms. The van der Waals surface area contributed by atoms with Gasteiger partial charge in [0.2, 0.25) is 0 Å². The van der Waals surface area contributed by atoms with Crippen molar-refractivity contribution in [2.24, 2.45) is 0 Å². The second kappa shape index (κ2) is 44.2. The van der Waals surface area contributed by atoms with E-state index in [9.17, 15) is 0 Å². The molecule has 10 rings (SSSR count). The lowest BCUT2D eigenvalue weighted by Gasteiger charge is -2.33. The predicted octanol–water partition coefficient (Wildman–Crippen LogP) is 15.9. The number of rotatable bonds is 29. The van der Waals surface area contributed by atoms with Crippen molar-refractivity contribution in [3.8, 4) is 11.5 Å². The molecule has 100 heavy (non-hydrogen) atoms. The van der Waals surface area contributed by atoms with Crippen molar-refractivity contribution in [2.75, 3.05) is 170 Å². The Labute approximate surface area is 599 Å². The van der Waals surface area contributed by atoms with E-state index in [0.29, 0.717) is 13.2 Å². The molecule has 10 nitrogen and oxygen atoms in total. The van der Waals surface area contributed by atoms with Crippen LogP contribution in [0.15, 0.2) is 279 Å². The first-order chi connectivity index (χ1) is 49.5. The van der Waals surface area contributed by atoms with Crippen molar-refractivity contribution < 1.29 is 9.47 Å². The minimum Gasteiger partial charge on any atom is -0.490 e. The molecule has 0 unspecified atom stereocenters. The minimum absolute atomic E-state index is 0.453. The van der Waals surface area contributed by atoms with E-state index in [2.05, 4.69) is 367 Å². The highest BCUT2D eigenvalue weighted by atomic mass is 16.5. The number of ether oxygens (including phenoxy) is 2. The van der Waals surface area contributed by atoms with Gasteiger partial charge in [0.05, 0.1) is 0 Å². The Morgan fingerprint density at radius 2 is 0.320 bits per heavy atom. The zero-order chi connectivity index (χ0) is 68.4. The van der Waals surface area contributed by atoms with Gasteiger partial charge in [0, 0.05) is 157 Å². The SMILES string of the molecule is C(=C\c1ccccc1)/CN1CCN(C/C=C/c2ccccc2)CCN(C/C=C/c2ccc(OCCOc3ccc(/C=C/CN4CCN(C/C=C/c5ccccc5)CCN(C/C=C/c5ccccc5)CCN(C/C=C/c5ccccc5)CC4)cc3)cc2)CCN(C/C=C/c2ccccc2)CC1. The zero-order valence-corrected chi connectivity index (χ0v) is 59.0. The fraction of sp³-hybridized carbons (Fsp3) is 0.289. The van der Waals surface area contributed by atoms with E-state index in [4.69, 9.17) is 9.47 Å². The Morgan fingerprint density at radius 1 is 0.180 bits per heavy atom. The molecule has 2 aliphatic heterocycles. The lowest BCUT2D eigenvalue weighted by atomic mass is 10.2. The summed E-state index contributed by atoms with van der Waals surface area (Å²) >= 11 is 0. The summed E-state index contributed by atoms with van der Waals surface area (Å²) in [5.74, 6) is 1.68. The van der Waals surface area contributed by atoms with Crippen LogP contribution in [-0.2, 0) is 0 Å². The van der Waals surface area contributed by atoms with Crippen molar-refractivity contribution >= 4 is 48.6 Å². The van der Waals surface area contributed by atoms with Crippen LogP contribution in [0.4, 0.5) is 0 Å². The highest BCUT2D eigenvalue weighted by molar-refractivity contribution is 5.54. The van der Waals surface area contributed by atoms with Crippen LogP contribution >= 0.6 is 0 Å². The Morgan fingerprint density at radius 3 is 0.470 bits per heavy atom. The van der Waals surface area contributed by atoms with Gasteiger partial charge in [0.1, 0.15) is 24.7 Å². The van der Waals surface area contributed by atoms with Gasteiger partial charge in [-0.05, 0) is 68.8 Å². The van der Waals surface area contributed by atoms with E-state index < -0.39 is 0 Å². The van der Waals surface area contributed by atoms with Crippen LogP contribution in [0.3, 0.4) is 0 Å². The molecule has 518 valence electrons. The standard InChI is InChI=1S/C90H106N8O2/c1-7-27-81(28-8-1)39-19-55-91-63-67-93(57-21-41-83-31-11-3-12-32-83)71-75-97(76-72-94(68-64-91)58-22-42-84-33-13-4-14-34-84)61-25-45-87-47-51-89(52-48-87)99-79-80-100-90-53-49-88(50-54-90)46-26-62-98-77-73-95(59-23-43-85-35-15-5-16-36-85)69-65-92(56-20-40-82-29-9-2-10-30-82)66-70-96(74-78-98)60-24-44-86-37-17-6-18-38-86/h1-54H,55-80H2/b39-19+,40-20+,41-21+,42-22+,43-23+,44-24+,45-25+,46-26+. The second-order valence-corrected chi connectivity index (χ2v) is 25.9. The summed E-state index contributed by atoms with van der Waals surface area (Å²) in [6.45, 7) is 24.1. The van der Waals surface area contributed by atoms with Crippen LogP contribution in [0, 0.1) is 0 Å². The summed E-state index contributed by atoms with van der Waals surface area (Å²) < 4.78 is 12.4. The van der Waals surface area contributed by atoms with Gasteiger partial charge in [0.25, 0.3) is 0 Å². The summed E-state index contributed by atoms with van der Waals surface area (Å²) in [6, 6.07) is 80.9. The third-order valence-corrected chi connectivity index (χ3v) is 18.4. The van der Waals surface area contributed by atoms with Crippen molar-refractivity contribution in [3.05, 3.63) is 324 Å².